The van der Waals surface area contributed by atoms with E-state index in [1.807, 2.05) is 6.07 Å². The van der Waals surface area contributed by atoms with Gasteiger partial charge in [-0.05, 0) is 55.0 Å². The van der Waals surface area contributed by atoms with Gasteiger partial charge in [0.25, 0.3) is 0 Å². The van der Waals surface area contributed by atoms with Crippen LogP contribution < -0.4 is 4.74 Å². The topological polar surface area (TPSA) is 88.4 Å². The van der Waals surface area contributed by atoms with Crippen LogP contribution in [0.1, 0.15) is 22.6 Å². The maximum atomic E-state index is 12.7. The van der Waals surface area contributed by atoms with Crippen molar-refractivity contribution in [2.75, 3.05) is 6.61 Å². The number of oxazole rings is 1. The summed E-state index contributed by atoms with van der Waals surface area (Å²) in [6.45, 7) is 2.03. The number of aryl methyl sites for hydroxylation is 1. The monoisotopic (exact) mass is 444 g/mol. The summed E-state index contributed by atoms with van der Waals surface area (Å²) >= 11 is 0. The van der Waals surface area contributed by atoms with Crippen LogP contribution in [0.4, 0.5) is 13.2 Å². The molecule has 0 bridgehead atoms. The van der Waals surface area contributed by atoms with Crippen molar-refractivity contribution in [3.63, 3.8) is 0 Å². The minimum atomic E-state index is -4.40. The molecule has 32 heavy (non-hydrogen) atoms. The van der Waals surface area contributed by atoms with Crippen molar-refractivity contribution in [2.24, 2.45) is 0 Å². The summed E-state index contributed by atoms with van der Waals surface area (Å²) < 4.78 is 49.6. The predicted octanol–water partition coefficient (Wildman–Crippen LogP) is 5.40. The molecule has 2 aromatic heterocycles. The first-order valence-corrected chi connectivity index (χ1v) is 9.79. The number of nitrogens with one attached hydrogen (secondary N) is 1. The van der Waals surface area contributed by atoms with Crippen molar-refractivity contribution < 1.29 is 32.2 Å². The Morgan fingerprint density at radius 2 is 1.94 bits per heavy atom. The van der Waals surface area contributed by atoms with Crippen LogP contribution in [-0.2, 0) is 23.8 Å². The number of carbonyl (C=O) groups is 1. The molecule has 0 amide bonds. The number of halogens is 3. The molecule has 0 unspecified atom stereocenters. The van der Waals surface area contributed by atoms with Crippen LogP contribution in [0.3, 0.4) is 0 Å². The Hall–Kier alpha value is -3.75. The average Bonchev–Trinajstić information content (AvgIpc) is 3.30. The predicted molar refractivity (Wildman–Crippen MR) is 111 cm³/mol. The van der Waals surface area contributed by atoms with Gasteiger partial charge in [0.2, 0.25) is 5.89 Å². The second-order valence-corrected chi connectivity index (χ2v) is 7.29. The molecule has 166 valence electrons. The average molecular weight is 444 g/mol. The molecule has 0 saturated heterocycles. The highest BCUT2D eigenvalue weighted by Gasteiger charge is 2.30. The number of carboxylic acid groups (broad SMARTS) is 1. The molecule has 0 fully saturated rings. The second-order valence-electron chi connectivity index (χ2n) is 7.29. The van der Waals surface area contributed by atoms with E-state index in [9.17, 15) is 18.0 Å². The number of fused-ring (bicyclic) bond motifs is 1. The molecular formula is C23H19F3N2O4. The summed E-state index contributed by atoms with van der Waals surface area (Å²) in [7, 11) is 0. The van der Waals surface area contributed by atoms with E-state index >= 15 is 0 Å². The zero-order valence-electron chi connectivity index (χ0n) is 17.0. The second kappa shape index (κ2) is 8.41. The van der Waals surface area contributed by atoms with Gasteiger partial charge in [-0.3, -0.25) is 4.79 Å². The zero-order chi connectivity index (χ0) is 22.9. The number of nitrogens with zero attached hydrogens (tertiary/aromatic N) is 1. The third-order valence-corrected chi connectivity index (χ3v) is 5.04. The number of benzene rings is 2. The van der Waals surface area contributed by atoms with E-state index in [2.05, 4.69) is 9.97 Å². The number of hydrogen-bond acceptors (Lipinski definition) is 4. The number of aromatic amines is 1. The number of H-pyrrole nitrogens is 1. The van der Waals surface area contributed by atoms with Gasteiger partial charge in [0.1, 0.15) is 11.5 Å². The standard InChI is InChI=1S/C23H19F3N2O4/c1-13-19(28-22(32-13)14-2-4-16(5-3-14)23(24,25)26)8-9-31-17-6-7-20-18(11-17)15(12-27-20)10-21(29)30/h2-7,11-12,27H,8-10H2,1H3,(H,29,30). The summed E-state index contributed by atoms with van der Waals surface area (Å²) in [4.78, 5) is 18.4. The van der Waals surface area contributed by atoms with E-state index in [1.54, 1.807) is 25.3 Å². The molecule has 2 heterocycles. The fourth-order valence-electron chi connectivity index (χ4n) is 3.41. The van der Waals surface area contributed by atoms with E-state index in [1.165, 1.54) is 12.1 Å². The van der Waals surface area contributed by atoms with Crippen molar-refractivity contribution in [3.05, 3.63) is 71.2 Å². The molecule has 0 saturated carbocycles. The van der Waals surface area contributed by atoms with E-state index in [0.717, 1.165) is 23.0 Å². The SMILES string of the molecule is Cc1oc(-c2ccc(C(F)(F)F)cc2)nc1CCOc1ccc2[nH]cc(CC(=O)O)c2c1. The first kappa shape index (κ1) is 21.5. The van der Waals surface area contributed by atoms with Crippen molar-refractivity contribution in [3.8, 4) is 17.2 Å². The summed E-state index contributed by atoms with van der Waals surface area (Å²) in [5.74, 6) is 0.488. The summed E-state index contributed by atoms with van der Waals surface area (Å²) in [6.07, 6.45) is -2.38. The third kappa shape index (κ3) is 4.61. The van der Waals surface area contributed by atoms with E-state index in [0.29, 0.717) is 41.4 Å². The Morgan fingerprint density at radius 3 is 2.62 bits per heavy atom. The highest BCUT2D eigenvalue weighted by molar-refractivity contribution is 5.88. The Labute approximate surface area is 180 Å². The van der Waals surface area contributed by atoms with Gasteiger partial charge in [-0.25, -0.2) is 4.98 Å². The van der Waals surface area contributed by atoms with Crippen molar-refractivity contribution in [1.29, 1.82) is 0 Å². The van der Waals surface area contributed by atoms with Crippen LogP contribution >= 0.6 is 0 Å². The highest BCUT2D eigenvalue weighted by atomic mass is 19.4. The van der Waals surface area contributed by atoms with E-state index in [4.69, 9.17) is 14.3 Å². The molecule has 0 aliphatic rings. The van der Waals surface area contributed by atoms with Gasteiger partial charge in [0.15, 0.2) is 0 Å². The number of ether oxygens (including phenoxy) is 1. The van der Waals surface area contributed by atoms with Crippen LogP contribution in [0.5, 0.6) is 5.75 Å². The number of carboxylic acids is 1. The molecular weight excluding hydrogens is 425 g/mol. The first-order chi connectivity index (χ1) is 15.2. The van der Waals surface area contributed by atoms with Crippen molar-refractivity contribution >= 4 is 16.9 Å². The van der Waals surface area contributed by atoms with Gasteiger partial charge in [-0.1, -0.05) is 0 Å². The number of aliphatic carboxylic acids is 1. The fourth-order valence-corrected chi connectivity index (χ4v) is 3.41. The zero-order valence-corrected chi connectivity index (χ0v) is 17.0. The molecule has 0 atom stereocenters. The van der Waals surface area contributed by atoms with Gasteiger partial charge in [-0.15, -0.1) is 0 Å². The van der Waals surface area contributed by atoms with Gasteiger partial charge in [0.05, 0.1) is 24.3 Å². The molecule has 0 radical (unpaired) electrons. The number of aromatic nitrogens is 2. The molecule has 6 nitrogen and oxygen atoms in total. The number of hydrogen-bond donors (Lipinski definition) is 2. The largest absolute Gasteiger partial charge is 0.493 e. The maximum absolute atomic E-state index is 12.7. The minimum absolute atomic E-state index is 0.0890. The van der Waals surface area contributed by atoms with Crippen molar-refractivity contribution in [1.82, 2.24) is 9.97 Å². The van der Waals surface area contributed by atoms with Gasteiger partial charge < -0.3 is 19.2 Å². The van der Waals surface area contributed by atoms with Crippen LogP contribution in [0, 0.1) is 6.92 Å². The van der Waals surface area contributed by atoms with Crippen LogP contribution in [0.25, 0.3) is 22.4 Å². The lowest BCUT2D eigenvalue weighted by molar-refractivity contribution is -0.138. The van der Waals surface area contributed by atoms with Crippen LogP contribution in [0.2, 0.25) is 0 Å². The molecule has 0 spiro atoms. The Kier molecular flexibility index (Phi) is 5.65. The lowest BCUT2D eigenvalue weighted by atomic mass is 10.1. The Balaban J connectivity index is 1.42. The number of rotatable bonds is 7. The minimum Gasteiger partial charge on any atom is -0.493 e. The molecule has 9 heteroatoms. The fraction of sp³-hybridized carbons (Fsp3) is 0.217. The Morgan fingerprint density at radius 1 is 1.19 bits per heavy atom. The van der Waals surface area contributed by atoms with Crippen molar-refractivity contribution in [2.45, 2.75) is 25.9 Å². The summed E-state index contributed by atoms with van der Waals surface area (Å²) in [6, 6.07) is 10.0. The van der Waals surface area contributed by atoms with E-state index in [-0.39, 0.29) is 12.3 Å². The van der Waals surface area contributed by atoms with Gasteiger partial charge >= 0.3 is 12.1 Å². The van der Waals surface area contributed by atoms with Gasteiger partial charge in [-0.2, -0.15) is 13.2 Å². The molecule has 0 aliphatic heterocycles. The molecule has 0 aliphatic carbocycles. The normalized spacial score (nSPS) is 11.8. The van der Waals surface area contributed by atoms with Gasteiger partial charge in [0, 0.05) is 29.1 Å². The van der Waals surface area contributed by atoms with E-state index < -0.39 is 17.7 Å². The first-order valence-electron chi connectivity index (χ1n) is 9.79. The molecule has 2 aromatic carbocycles. The molecule has 2 N–H and O–H groups in total. The molecule has 4 aromatic rings. The molecule has 4 rings (SSSR count). The third-order valence-electron chi connectivity index (χ3n) is 5.04. The summed E-state index contributed by atoms with van der Waals surface area (Å²) in [5, 5.41) is 9.81. The summed E-state index contributed by atoms with van der Waals surface area (Å²) in [5.41, 5.74) is 1.86. The Bertz CT molecular complexity index is 1260. The quantitative estimate of drug-likeness (QED) is 0.399. The lowest BCUT2D eigenvalue weighted by Crippen LogP contribution is -2.04. The highest BCUT2D eigenvalue weighted by Crippen LogP contribution is 2.31. The van der Waals surface area contributed by atoms with Crippen LogP contribution in [-0.4, -0.2) is 27.7 Å². The van der Waals surface area contributed by atoms with Crippen LogP contribution in [0.15, 0.2) is 53.1 Å². The smallest absolute Gasteiger partial charge is 0.416 e. The maximum Gasteiger partial charge on any atom is 0.416 e. The lowest BCUT2D eigenvalue weighted by Gasteiger charge is -2.06. The number of alkyl halides is 3.